The van der Waals surface area contributed by atoms with Gasteiger partial charge in [0.15, 0.2) is 29.2 Å². The number of hydrogen-bond acceptors (Lipinski definition) is 9. The Bertz CT molecular complexity index is 1180. The minimum absolute atomic E-state index is 0.000849. The van der Waals surface area contributed by atoms with Crippen LogP contribution in [-0.2, 0) is 24.6 Å². The van der Waals surface area contributed by atoms with Crippen LogP contribution in [0.1, 0.15) is 12.5 Å². The van der Waals surface area contributed by atoms with Gasteiger partial charge in [-0.25, -0.2) is 13.6 Å². The number of carbonyl (C=O) groups excluding carboxylic acids is 2. The van der Waals surface area contributed by atoms with Crippen molar-refractivity contribution in [1.29, 1.82) is 0 Å². The molecule has 0 aromatic heterocycles. The highest BCUT2D eigenvalue weighted by Gasteiger charge is 2.54. The maximum atomic E-state index is 14.2. The third kappa shape index (κ3) is 3.97. The Labute approximate surface area is 185 Å². The number of carbonyl (C=O) groups is 2. The van der Waals surface area contributed by atoms with E-state index < -0.39 is 28.1 Å². The van der Waals surface area contributed by atoms with Gasteiger partial charge in [0.25, 0.3) is 5.69 Å². The molecule has 0 bridgehead atoms. The number of nitrogens with zero attached hydrogens (tertiary/aromatic N) is 3. The SMILES string of the molecule is COC(=O)C1=C(C)N=C(OC)N(Oc2ccc([N+](=O)[O-])cc2)C1(C=O)c1ccc(F)c(F)c1. The molecule has 33 heavy (non-hydrogen) atoms. The van der Waals surface area contributed by atoms with Crippen LogP contribution in [0, 0.1) is 21.7 Å². The highest BCUT2D eigenvalue weighted by molar-refractivity contribution is 6.02. The van der Waals surface area contributed by atoms with Gasteiger partial charge in [-0.1, -0.05) is 6.07 Å². The van der Waals surface area contributed by atoms with E-state index in [1.165, 1.54) is 26.2 Å². The van der Waals surface area contributed by atoms with Crippen molar-refractivity contribution in [3.63, 3.8) is 0 Å². The van der Waals surface area contributed by atoms with E-state index in [2.05, 4.69) is 4.99 Å². The summed E-state index contributed by atoms with van der Waals surface area (Å²) in [6, 6.07) is 7.04. The highest BCUT2D eigenvalue weighted by atomic mass is 19.2. The number of nitro groups is 1. The lowest BCUT2D eigenvalue weighted by molar-refractivity contribution is -0.384. The molecule has 0 amide bonds. The van der Waals surface area contributed by atoms with Crippen LogP contribution in [0.25, 0.3) is 0 Å². The minimum atomic E-state index is -2.22. The predicted octanol–water partition coefficient (Wildman–Crippen LogP) is 3.03. The number of allylic oxidation sites excluding steroid dienone is 1. The van der Waals surface area contributed by atoms with Crippen LogP contribution in [0.3, 0.4) is 0 Å². The van der Waals surface area contributed by atoms with Crippen LogP contribution >= 0.6 is 0 Å². The van der Waals surface area contributed by atoms with E-state index in [-0.39, 0.29) is 40.6 Å². The van der Waals surface area contributed by atoms with Crippen molar-refractivity contribution >= 4 is 24.0 Å². The Kier molecular flexibility index (Phi) is 6.38. The van der Waals surface area contributed by atoms with E-state index in [9.17, 15) is 28.5 Å². The number of aldehydes is 1. The Morgan fingerprint density at radius 2 is 1.82 bits per heavy atom. The minimum Gasteiger partial charge on any atom is -0.466 e. The molecule has 172 valence electrons. The molecular formula is C21H17F2N3O7. The summed E-state index contributed by atoms with van der Waals surface area (Å²) in [5, 5.41) is 11.7. The quantitative estimate of drug-likeness (QED) is 0.279. The van der Waals surface area contributed by atoms with Gasteiger partial charge in [0.2, 0.25) is 0 Å². The monoisotopic (exact) mass is 461 g/mol. The van der Waals surface area contributed by atoms with E-state index in [1.54, 1.807) is 0 Å². The Hall–Kier alpha value is -4.35. The number of hydrogen-bond donors (Lipinski definition) is 0. The summed E-state index contributed by atoms with van der Waals surface area (Å²) in [7, 11) is 2.28. The molecular weight excluding hydrogens is 444 g/mol. The molecule has 1 atom stereocenters. The number of methoxy groups -OCH3 is 2. The lowest BCUT2D eigenvalue weighted by Gasteiger charge is -2.42. The van der Waals surface area contributed by atoms with E-state index >= 15 is 0 Å². The zero-order valence-electron chi connectivity index (χ0n) is 17.6. The van der Waals surface area contributed by atoms with Gasteiger partial charge in [-0.05, 0) is 36.8 Å². The van der Waals surface area contributed by atoms with E-state index in [1.807, 2.05) is 0 Å². The largest absolute Gasteiger partial charge is 0.466 e. The lowest BCUT2D eigenvalue weighted by Crippen LogP contribution is -2.57. The van der Waals surface area contributed by atoms with Crippen molar-refractivity contribution in [3.8, 4) is 5.75 Å². The summed E-state index contributed by atoms with van der Waals surface area (Å²) < 4.78 is 37.9. The second kappa shape index (κ2) is 9.02. The van der Waals surface area contributed by atoms with Crippen LogP contribution in [-0.4, -0.2) is 42.5 Å². The highest BCUT2D eigenvalue weighted by Crippen LogP contribution is 2.41. The Morgan fingerprint density at radius 1 is 1.15 bits per heavy atom. The van der Waals surface area contributed by atoms with Crippen molar-refractivity contribution in [1.82, 2.24) is 5.06 Å². The average Bonchev–Trinajstić information content (AvgIpc) is 2.81. The van der Waals surface area contributed by atoms with Crippen molar-refractivity contribution < 1.29 is 37.6 Å². The number of amidine groups is 1. The topological polar surface area (TPSA) is 121 Å². The molecule has 0 aliphatic carbocycles. The zero-order chi connectivity index (χ0) is 24.3. The third-order valence-corrected chi connectivity index (χ3v) is 4.85. The van der Waals surface area contributed by atoms with Gasteiger partial charge in [-0.15, -0.1) is 5.06 Å². The first kappa shape index (κ1) is 23.3. The van der Waals surface area contributed by atoms with Crippen LogP contribution in [0.5, 0.6) is 5.75 Å². The Morgan fingerprint density at radius 3 is 2.33 bits per heavy atom. The summed E-state index contributed by atoms with van der Waals surface area (Å²) in [5.74, 6) is -3.46. The molecule has 1 unspecified atom stereocenters. The Balaban J connectivity index is 2.27. The fourth-order valence-corrected chi connectivity index (χ4v) is 3.32. The molecule has 12 heteroatoms. The van der Waals surface area contributed by atoms with Gasteiger partial charge in [-0.2, -0.15) is 4.99 Å². The number of aliphatic imine (C=N–C) groups is 1. The summed E-state index contributed by atoms with van der Waals surface area (Å²) >= 11 is 0. The third-order valence-electron chi connectivity index (χ3n) is 4.85. The molecule has 0 saturated carbocycles. The predicted molar refractivity (Wildman–Crippen MR) is 109 cm³/mol. The first-order valence-electron chi connectivity index (χ1n) is 9.26. The summed E-state index contributed by atoms with van der Waals surface area (Å²) in [5.41, 5.74) is -2.98. The number of hydroxylamine groups is 2. The normalized spacial score (nSPS) is 17.8. The zero-order valence-corrected chi connectivity index (χ0v) is 17.6. The molecule has 0 fully saturated rings. The van der Waals surface area contributed by atoms with Gasteiger partial charge in [-0.3, -0.25) is 14.9 Å². The van der Waals surface area contributed by atoms with Crippen molar-refractivity contribution in [2.24, 2.45) is 4.99 Å². The van der Waals surface area contributed by atoms with Crippen LogP contribution < -0.4 is 4.84 Å². The van der Waals surface area contributed by atoms with Crippen molar-refractivity contribution in [3.05, 3.63) is 81.0 Å². The number of rotatable bonds is 6. The standard InChI is InChI=1S/C21H17F2N3O7/c1-12-18(19(28)31-2)21(11-27,13-4-9-16(22)17(23)10-13)25(20(24-12)32-3)33-15-7-5-14(6-8-15)26(29)30/h4-11H,1-3H3. The number of ether oxygens (including phenoxy) is 2. The number of non-ortho nitro benzene ring substituents is 1. The van der Waals surface area contributed by atoms with Gasteiger partial charge >= 0.3 is 12.0 Å². The molecule has 1 aliphatic heterocycles. The molecule has 0 N–H and O–H groups in total. The summed E-state index contributed by atoms with van der Waals surface area (Å²) in [6.45, 7) is 1.40. The van der Waals surface area contributed by atoms with E-state index in [0.29, 0.717) is 0 Å². The van der Waals surface area contributed by atoms with Crippen LogP contribution in [0.2, 0.25) is 0 Å². The van der Waals surface area contributed by atoms with E-state index in [0.717, 1.165) is 42.5 Å². The number of nitro benzene ring substituents is 1. The smallest absolute Gasteiger partial charge is 0.338 e. The van der Waals surface area contributed by atoms with Gasteiger partial charge in [0, 0.05) is 12.1 Å². The number of esters is 1. The molecule has 1 heterocycles. The molecule has 3 rings (SSSR count). The maximum Gasteiger partial charge on any atom is 0.338 e. The lowest BCUT2D eigenvalue weighted by atomic mass is 9.81. The van der Waals surface area contributed by atoms with Crippen molar-refractivity contribution in [2.45, 2.75) is 12.5 Å². The van der Waals surface area contributed by atoms with Gasteiger partial charge in [0.1, 0.15) is 0 Å². The number of halogens is 2. The number of benzene rings is 2. The molecule has 0 radical (unpaired) electrons. The second-order valence-electron chi connectivity index (χ2n) is 6.70. The first-order chi connectivity index (χ1) is 15.7. The first-order valence-corrected chi connectivity index (χ1v) is 9.26. The van der Waals surface area contributed by atoms with Crippen LogP contribution in [0.15, 0.2) is 58.7 Å². The summed E-state index contributed by atoms with van der Waals surface area (Å²) in [4.78, 5) is 45.6. The second-order valence-corrected chi connectivity index (χ2v) is 6.70. The summed E-state index contributed by atoms with van der Waals surface area (Å²) in [6.07, 6.45) is 0.272. The molecule has 10 nitrogen and oxygen atoms in total. The molecule has 2 aromatic carbocycles. The average molecular weight is 461 g/mol. The van der Waals surface area contributed by atoms with Gasteiger partial charge in [0.05, 0.1) is 30.4 Å². The molecule has 0 saturated heterocycles. The maximum absolute atomic E-state index is 14.2. The fraction of sp³-hybridized carbons (Fsp3) is 0.190. The van der Waals surface area contributed by atoms with Gasteiger partial charge < -0.3 is 14.3 Å². The molecule has 0 spiro atoms. The van der Waals surface area contributed by atoms with E-state index in [4.69, 9.17) is 14.3 Å². The van der Waals surface area contributed by atoms with Crippen LogP contribution in [0.4, 0.5) is 14.5 Å². The van der Waals surface area contributed by atoms with Crippen molar-refractivity contribution in [2.75, 3.05) is 14.2 Å². The molecule has 2 aromatic rings. The fourth-order valence-electron chi connectivity index (χ4n) is 3.32. The molecule has 1 aliphatic rings.